The number of carboxylic acids is 1. The van der Waals surface area contributed by atoms with Crippen molar-refractivity contribution in [2.24, 2.45) is 11.3 Å². The van der Waals surface area contributed by atoms with E-state index in [2.05, 4.69) is 6.92 Å². The fraction of sp³-hybridized carbons (Fsp3) is 0.867. The number of unbranched alkanes of at least 4 members (excludes halogenated alkanes) is 1. The van der Waals surface area contributed by atoms with Crippen molar-refractivity contribution in [2.45, 2.75) is 51.2 Å². The van der Waals surface area contributed by atoms with Crippen LogP contribution in [0.25, 0.3) is 0 Å². The van der Waals surface area contributed by atoms with E-state index < -0.39 is 5.97 Å². The van der Waals surface area contributed by atoms with Crippen LogP contribution in [-0.2, 0) is 9.59 Å². The summed E-state index contributed by atoms with van der Waals surface area (Å²) in [4.78, 5) is 25.3. The first kappa shape index (κ1) is 15.7. The van der Waals surface area contributed by atoms with Gasteiger partial charge in [0.2, 0.25) is 5.91 Å². The molecule has 5 heteroatoms. The zero-order valence-corrected chi connectivity index (χ0v) is 13.2. The Morgan fingerprint density at radius 1 is 1.40 bits per heavy atom. The van der Waals surface area contributed by atoms with Crippen molar-refractivity contribution in [2.75, 3.05) is 18.8 Å². The monoisotopic (exact) mass is 299 g/mol. The Morgan fingerprint density at radius 3 is 2.55 bits per heavy atom. The van der Waals surface area contributed by atoms with Gasteiger partial charge in [0.1, 0.15) is 0 Å². The summed E-state index contributed by atoms with van der Waals surface area (Å²) in [5, 5.41) is 9.10. The largest absolute Gasteiger partial charge is 0.481 e. The smallest absolute Gasteiger partial charge is 0.307 e. The second-order valence-electron chi connectivity index (χ2n) is 6.15. The van der Waals surface area contributed by atoms with Gasteiger partial charge in [-0.05, 0) is 43.8 Å². The van der Waals surface area contributed by atoms with Crippen LogP contribution in [0.1, 0.15) is 46.0 Å². The molecule has 0 aromatic carbocycles. The Labute approximate surface area is 125 Å². The molecule has 1 amide bonds. The van der Waals surface area contributed by atoms with Gasteiger partial charge < -0.3 is 10.0 Å². The lowest BCUT2D eigenvalue weighted by Gasteiger charge is -2.34. The highest BCUT2D eigenvalue weighted by Crippen LogP contribution is 2.59. The minimum Gasteiger partial charge on any atom is -0.481 e. The van der Waals surface area contributed by atoms with Crippen LogP contribution in [0.2, 0.25) is 0 Å². The van der Waals surface area contributed by atoms with Crippen molar-refractivity contribution in [1.82, 2.24) is 4.90 Å². The molecule has 2 aliphatic rings. The molecule has 0 aromatic rings. The second kappa shape index (κ2) is 6.37. The SMILES string of the molecule is CCCCSC(C)C(=O)N1CCC2(CC1)CC2C(=O)O. The molecule has 2 rings (SSSR count). The fourth-order valence-electron chi connectivity index (χ4n) is 3.15. The zero-order valence-electron chi connectivity index (χ0n) is 12.4. The van der Waals surface area contributed by atoms with E-state index in [9.17, 15) is 9.59 Å². The number of piperidine rings is 1. The van der Waals surface area contributed by atoms with Gasteiger partial charge in [-0.2, -0.15) is 0 Å². The van der Waals surface area contributed by atoms with Crippen LogP contribution in [0.3, 0.4) is 0 Å². The van der Waals surface area contributed by atoms with E-state index in [1.807, 2.05) is 11.8 Å². The van der Waals surface area contributed by atoms with Crippen LogP contribution in [-0.4, -0.2) is 46.0 Å². The van der Waals surface area contributed by atoms with Gasteiger partial charge in [-0.25, -0.2) is 0 Å². The lowest BCUT2D eigenvalue weighted by Crippen LogP contribution is -2.43. The van der Waals surface area contributed by atoms with Crippen LogP contribution in [0.5, 0.6) is 0 Å². The van der Waals surface area contributed by atoms with Crippen molar-refractivity contribution in [1.29, 1.82) is 0 Å². The number of thioether (sulfide) groups is 1. The number of carboxylic acid groups (broad SMARTS) is 1. The molecular weight excluding hydrogens is 274 g/mol. The summed E-state index contributed by atoms with van der Waals surface area (Å²) >= 11 is 1.74. The van der Waals surface area contributed by atoms with E-state index >= 15 is 0 Å². The van der Waals surface area contributed by atoms with Gasteiger partial charge in [0.25, 0.3) is 0 Å². The molecule has 1 heterocycles. The Kier molecular flexibility index (Phi) is 4.99. The minimum absolute atomic E-state index is 0.0151. The molecule has 1 N–H and O–H groups in total. The zero-order chi connectivity index (χ0) is 14.8. The number of likely N-dealkylation sites (tertiary alicyclic amines) is 1. The Hall–Kier alpha value is -0.710. The molecule has 0 aromatic heterocycles. The fourth-order valence-corrected chi connectivity index (χ4v) is 4.26. The highest BCUT2D eigenvalue weighted by molar-refractivity contribution is 8.00. The van der Waals surface area contributed by atoms with Crippen molar-refractivity contribution < 1.29 is 14.7 Å². The highest BCUT2D eigenvalue weighted by Gasteiger charge is 2.59. The van der Waals surface area contributed by atoms with Crippen LogP contribution < -0.4 is 0 Å². The first-order valence-electron chi connectivity index (χ1n) is 7.63. The van der Waals surface area contributed by atoms with Gasteiger partial charge in [0.05, 0.1) is 11.2 Å². The topological polar surface area (TPSA) is 57.6 Å². The summed E-state index contributed by atoms with van der Waals surface area (Å²) in [5.74, 6) is 0.459. The molecule has 1 spiro atoms. The van der Waals surface area contributed by atoms with E-state index in [1.165, 1.54) is 0 Å². The Balaban J connectivity index is 1.76. The van der Waals surface area contributed by atoms with Gasteiger partial charge in [0.15, 0.2) is 0 Å². The molecule has 2 unspecified atom stereocenters. The molecule has 1 aliphatic heterocycles. The molecular formula is C15H25NO3S. The highest BCUT2D eigenvalue weighted by atomic mass is 32.2. The van der Waals surface area contributed by atoms with Crippen molar-refractivity contribution in [3.8, 4) is 0 Å². The van der Waals surface area contributed by atoms with Crippen LogP contribution in [0, 0.1) is 11.3 Å². The summed E-state index contributed by atoms with van der Waals surface area (Å²) in [6, 6.07) is 0. The van der Waals surface area contributed by atoms with Crippen LogP contribution in [0.4, 0.5) is 0 Å². The van der Waals surface area contributed by atoms with E-state index in [-0.39, 0.29) is 22.5 Å². The number of amides is 1. The lowest BCUT2D eigenvalue weighted by molar-refractivity contribution is -0.139. The molecule has 2 fully saturated rings. The van der Waals surface area contributed by atoms with Gasteiger partial charge in [-0.1, -0.05) is 13.3 Å². The predicted molar refractivity (Wildman–Crippen MR) is 80.8 cm³/mol. The summed E-state index contributed by atoms with van der Waals surface area (Å²) in [5.41, 5.74) is 0.0151. The first-order chi connectivity index (χ1) is 9.50. The van der Waals surface area contributed by atoms with E-state index in [0.29, 0.717) is 0 Å². The summed E-state index contributed by atoms with van der Waals surface area (Å²) < 4.78 is 0. The van der Waals surface area contributed by atoms with Gasteiger partial charge in [-0.3, -0.25) is 9.59 Å². The maximum absolute atomic E-state index is 12.3. The third-order valence-corrected chi connectivity index (χ3v) is 6.00. The molecule has 1 saturated heterocycles. The van der Waals surface area contributed by atoms with Crippen molar-refractivity contribution in [3.05, 3.63) is 0 Å². The van der Waals surface area contributed by atoms with E-state index in [0.717, 1.165) is 50.9 Å². The summed E-state index contributed by atoms with van der Waals surface area (Å²) in [6.45, 7) is 5.62. The second-order valence-corrected chi connectivity index (χ2v) is 7.60. The molecule has 114 valence electrons. The number of carbonyl (C=O) groups excluding carboxylic acids is 1. The van der Waals surface area contributed by atoms with E-state index in [4.69, 9.17) is 5.11 Å². The average Bonchev–Trinajstić information content (AvgIpc) is 3.13. The number of rotatable bonds is 6. The summed E-state index contributed by atoms with van der Waals surface area (Å²) in [7, 11) is 0. The molecule has 2 atom stereocenters. The molecule has 0 radical (unpaired) electrons. The Morgan fingerprint density at radius 2 is 2.05 bits per heavy atom. The minimum atomic E-state index is -0.659. The number of nitrogens with zero attached hydrogens (tertiary/aromatic N) is 1. The summed E-state index contributed by atoms with van der Waals surface area (Å²) in [6.07, 6.45) is 4.86. The number of aliphatic carboxylic acids is 1. The average molecular weight is 299 g/mol. The maximum Gasteiger partial charge on any atom is 0.307 e. The number of hydrogen-bond acceptors (Lipinski definition) is 3. The molecule has 1 saturated carbocycles. The number of hydrogen-bond donors (Lipinski definition) is 1. The van der Waals surface area contributed by atoms with Gasteiger partial charge in [0, 0.05) is 13.1 Å². The van der Waals surface area contributed by atoms with Gasteiger partial charge in [-0.15, -0.1) is 11.8 Å². The molecule has 4 nitrogen and oxygen atoms in total. The normalized spacial score (nSPS) is 25.5. The quantitative estimate of drug-likeness (QED) is 0.766. The maximum atomic E-state index is 12.3. The Bertz CT molecular complexity index is 377. The third kappa shape index (κ3) is 3.30. The predicted octanol–water partition coefficient (Wildman–Crippen LogP) is 2.62. The van der Waals surface area contributed by atoms with Crippen LogP contribution >= 0.6 is 11.8 Å². The lowest BCUT2D eigenvalue weighted by atomic mass is 9.90. The number of carbonyl (C=O) groups is 2. The van der Waals surface area contributed by atoms with E-state index in [1.54, 1.807) is 11.8 Å². The molecule has 1 aliphatic carbocycles. The van der Waals surface area contributed by atoms with Crippen LogP contribution in [0.15, 0.2) is 0 Å². The third-order valence-electron chi connectivity index (χ3n) is 4.77. The molecule has 0 bridgehead atoms. The van der Waals surface area contributed by atoms with Crippen molar-refractivity contribution in [3.63, 3.8) is 0 Å². The van der Waals surface area contributed by atoms with Crippen molar-refractivity contribution >= 4 is 23.6 Å². The standard InChI is InChI=1S/C15H25NO3S/c1-3-4-9-20-11(2)13(17)16-7-5-15(6-8-16)10-12(15)14(18)19/h11-12H,3-10H2,1-2H3,(H,18,19). The van der Waals surface area contributed by atoms with Gasteiger partial charge >= 0.3 is 5.97 Å². The first-order valence-corrected chi connectivity index (χ1v) is 8.68. The molecule has 20 heavy (non-hydrogen) atoms.